The summed E-state index contributed by atoms with van der Waals surface area (Å²) >= 11 is 6.19. The van der Waals surface area contributed by atoms with Gasteiger partial charge in [0.15, 0.2) is 6.10 Å². The van der Waals surface area contributed by atoms with Crippen molar-refractivity contribution in [2.75, 3.05) is 18.1 Å². The minimum absolute atomic E-state index is 0.00619. The van der Waals surface area contributed by atoms with Crippen LogP contribution in [-0.4, -0.2) is 46.4 Å². The van der Waals surface area contributed by atoms with Gasteiger partial charge in [0.1, 0.15) is 6.61 Å². The third kappa shape index (κ3) is 3.92. The van der Waals surface area contributed by atoms with Crippen molar-refractivity contribution in [1.29, 1.82) is 0 Å². The van der Waals surface area contributed by atoms with Gasteiger partial charge in [-0.1, -0.05) is 23.7 Å². The van der Waals surface area contributed by atoms with E-state index in [2.05, 4.69) is 10.6 Å². The number of aryl methyl sites for hydroxylation is 1. The van der Waals surface area contributed by atoms with Gasteiger partial charge < -0.3 is 24.0 Å². The standard InChI is InChI=1S/C27H29ClN2O5/c1-14-10-19-22(16-6-8-17(28)9-7-16)21(25(26(32)33)35-27(3,4)5)15(2)23-24(19)29(14)11-18-12-34-13-20(31)30(18)23/h6-10,18,25H,11-13H2,1-5H3,(H,32,33)/t18-,25-/m0/s1. The number of fused-ring (bicyclic) bond motifs is 2. The third-order valence-electron chi connectivity index (χ3n) is 6.72. The van der Waals surface area contributed by atoms with Crippen LogP contribution in [-0.2, 0) is 25.6 Å². The molecule has 184 valence electrons. The second-order valence-corrected chi connectivity index (χ2v) is 10.7. The number of nitrogens with zero attached hydrogens (tertiary/aromatic N) is 2. The Morgan fingerprint density at radius 2 is 1.91 bits per heavy atom. The zero-order valence-electron chi connectivity index (χ0n) is 20.5. The van der Waals surface area contributed by atoms with Crippen molar-refractivity contribution in [3.63, 3.8) is 0 Å². The number of carbonyl (C=O) groups excluding carboxylic acids is 1. The lowest BCUT2D eigenvalue weighted by atomic mass is 9.86. The summed E-state index contributed by atoms with van der Waals surface area (Å²) in [7, 11) is 0. The molecule has 2 aliphatic heterocycles. The fourth-order valence-electron chi connectivity index (χ4n) is 5.41. The summed E-state index contributed by atoms with van der Waals surface area (Å²) in [6.45, 7) is 10.5. The molecule has 1 amide bonds. The molecule has 0 saturated carbocycles. The molecule has 8 heteroatoms. The van der Waals surface area contributed by atoms with E-state index in [1.54, 1.807) is 12.1 Å². The van der Waals surface area contributed by atoms with Crippen LogP contribution in [0.5, 0.6) is 0 Å². The van der Waals surface area contributed by atoms with Crippen LogP contribution in [0.1, 0.15) is 43.7 Å². The number of ether oxygens (including phenoxy) is 2. The lowest BCUT2D eigenvalue weighted by Gasteiger charge is -2.42. The number of rotatable bonds is 4. The number of halogens is 1. The molecule has 2 aliphatic rings. The number of carboxylic acid groups (broad SMARTS) is 1. The smallest absolute Gasteiger partial charge is 0.337 e. The maximum Gasteiger partial charge on any atom is 0.337 e. The molecule has 2 atom stereocenters. The second-order valence-electron chi connectivity index (χ2n) is 10.3. The summed E-state index contributed by atoms with van der Waals surface area (Å²) in [5.41, 5.74) is 4.90. The Hall–Kier alpha value is -2.87. The van der Waals surface area contributed by atoms with Crippen LogP contribution < -0.4 is 4.90 Å². The first kappa shape index (κ1) is 23.9. The molecule has 1 saturated heterocycles. The molecule has 35 heavy (non-hydrogen) atoms. The highest BCUT2D eigenvalue weighted by Gasteiger charge is 2.41. The lowest BCUT2D eigenvalue weighted by molar-refractivity contribution is -0.160. The van der Waals surface area contributed by atoms with Crippen molar-refractivity contribution in [1.82, 2.24) is 4.57 Å². The molecule has 0 aliphatic carbocycles. The molecule has 1 N–H and O–H groups in total. The quantitative estimate of drug-likeness (QED) is 0.532. The average molecular weight is 497 g/mol. The Morgan fingerprint density at radius 3 is 2.54 bits per heavy atom. The van der Waals surface area contributed by atoms with Gasteiger partial charge in [-0.3, -0.25) is 4.79 Å². The van der Waals surface area contributed by atoms with Crippen molar-refractivity contribution in [3.8, 4) is 11.1 Å². The van der Waals surface area contributed by atoms with E-state index in [9.17, 15) is 14.7 Å². The van der Waals surface area contributed by atoms with E-state index in [0.717, 1.165) is 39.0 Å². The van der Waals surface area contributed by atoms with E-state index in [0.29, 0.717) is 23.7 Å². The van der Waals surface area contributed by atoms with E-state index in [1.165, 1.54) is 0 Å². The molecule has 0 spiro atoms. The minimum Gasteiger partial charge on any atom is -0.479 e. The van der Waals surface area contributed by atoms with E-state index in [-0.39, 0.29) is 18.6 Å². The summed E-state index contributed by atoms with van der Waals surface area (Å²) in [5.74, 6) is -1.20. The number of aromatic nitrogens is 1. The molecular formula is C27H29ClN2O5. The Morgan fingerprint density at radius 1 is 1.23 bits per heavy atom. The SMILES string of the molecule is Cc1c([C@H](OC(C)(C)C)C(=O)O)c(-c2ccc(Cl)cc2)c2cc(C)n3c2c1N1C(=O)COC[C@@H]1C3. The maximum absolute atomic E-state index is 13.1. The van der Waals surface area contributed by atoms with E-state index >= 15 is 0 Å². The van der Waals surface area contributed by atoms with Crippen LogP contribution in [0.25, 0.3) is 22.0 Å². The average Bonchev–Trinajstić information content (AvgIpc) is 3.10. The zero-order chi connectivity index (χ0) is 25.2. The van der Waals surface area contributed by atoms with Gasteiger partial charge in [0.2, 0.25) is 0 Å². The summed E-state index contributed by atoms with van der Waals surface area (Å²) in [6.07, 6.45) is -1.23. The van der Waals surface area contributed by atoms with Gasteiger partial charge >= 0.3 is 5.97 Å². The number of carbonyl (C=O) groups is 2. The van der Waals surface area contributed by atoms with Crippen molar-refractivity contribution < 1.29 is 24.2 Å². The Bertz CT molecular complexity index is 1350. The summed E-state index contributed by atoms with van der Waals surface area (Å²) < 4.78 is 13.9. The molecule has 1 fully saturated rings. The topological polar surface area (TPSA) is 81.0 Å². The molecule has 0 radical (unpaired) electrons. The number of aliphatic carboxylic acids is 1. The first-order valence-corrected chi connectivity index (χ1v) is 12.1. The lowest BCUT2D eigenvalue weighted by Crippen LogP contribution is -2.53. The number of anilines is 1. The normalized spacial score (nSPS) is 18.6. The zero-order valence-corrected chi connectivity index (χ0v) is 21.3. The molecule has 1 aromatic heterocycles. The van der Waals surface area contributed by atoms with Crippen LogP contribution in [0.2, 0.25) is 5.02 Å². The van der Waals surface area contributed by atoms with Gasteiger partial charge in [-0.25, -0.2) is 4.79 Å². The van der Waals surface area contributed by atoms with Crippen LogP contribution in [0.15, 0.2) is 30.3 Å². The highest BCUT2D eigenvalue weighted by Crippen LogP contribution is 2.49. The second kappa shape index (κ2) is 8.36. The Labute approximate surface area is 209 Å². The summed E-state index contributed by atoms with van der Waals surface area (Å²) in [4.78, 5) is 27.6. The Kier molecular flexibility index (Phi) is 5.70. The minimum atomic E-state index is -1.23. The molecule has 3 heterocycles. The van der Waals surface area contributed by atoms with Crippen molar-refractivity contribution >= 4 is 40.1 Å². The van der Waals surface area contributed by atoms with Gasteiger partial charge in [-0.05, 0) is 69.5 Å². The van der Waals surface area contributed by atoms with E-state index in [1.807, 2.05) is 51.7 Å². The maximum atomic E-state index is 13.1. The highest BCUT2D eigenvalue weighted by atomic mass is 35.5. The first-order valence-electron chi connectivity index (χ1n) is 11.7. The van der Waals surface area contributed by atoms with Crippen molar-refractivity contribution in [3.05, 3.63) is 52.2 Å². The van der Waals surface area contributed by atoms with Crippen molar-refractivity contribution in [2.45, 2.75) is 58.9 Å². The van der Waals surface area contributed by atoms with Gasteiger partial charge in [-0.15, -0.1) is 0 Å². The molecule has 3 aromatic rings. The number of hydrogen-bond donors (Lipinski definition) is 1. The molecule has 7 nitrogen and oxygen atoms in total. The number of carboxylic acids is 1. The molecule has 2 aromatic carbocycles. The van der Waals surface area contributed by atoms with Gasteiger partial charge in [0.25, 0.3) is 5.91 Å². The summed E-state index contributed by atoms with van der Waals surface area (Å²) in [5, 5.41) is 11.9. The fraction of sp³-hybridized carbons (Fsp3) is 0.407. The van der Waals surface area contributed by atoms with Crippen LogP contribution >= 0.6 is 11.6 Å². The largest absolute Gasteiger partial charge is 0.479 e. The number of hydrogen-bond acceptors (Lipinski definition) is 4. The number of benzene rings is 2. The molecular weight excluding hydrogens is 468 g/mol. The Balaban J connectivity index is 1.92. The predicted molar refractivity (Wildman–Crippen MR) is 135 cm³/mol. The monoisotopic (exact) mass is 496 g/mol. The van der Waals surface area contributed by atoms with Crippen LogP contribution in [0.4, 0.5) is 5.69 Å². The molecule has 0 bridgehead atoms. The van der Waals surface area contributed by atoms with Crippen LogP contribution in [0.3, 0.4) is 0 Å². The van der Waals surface area contributed by atoms with Crippen molar-refractivity contribution in [2.24, 2.45) is 0 Å². The van der Waals surface area contributed by atoms with Gasteiger partial charge in [0, 0.05) is 28.2 Å². The third-order valence-corrected chi connectivity index (χ3v) is 6.97. The highest BCUT2D eigenvalue weighted by molar-refractivity contribution is 6.30. The van der Waals surface area contributed by atoms with E-state index < -0.39 is 17.7 Å². The molecule has 5 rings (SSSR count). The predicted octanol–water partition coefficient (Wildman–Crippen LogP) is 5.26. The van der Waals surface area contributed by atoms with Gasteiger partial charge in [0.05, 0.1) is 29.5 Å². The van der Waals surface area contributed by atoms with Crippen LogP contribution in [0, 0.1) is 13.8 Å². The molecule has 0 unspecified atom stereocenters. The number of morpholine rings is 1. The summed E-state index contributed by atoms with van der Waals surface area (Å²) in [6, 6.07) is 9.32. The van der Waals surface area contributed by atoms with E-state index in [4.69, 9.17) is 21.1 Å². The number of amides is 1. The fourth-order valence-corrected chi connectivity index (χ4v) is 5.54. The van der Waals surface area contributed by atoms with Gasteiger partial charge in [-0.2, -0.15) is 0 Å². The first-order chi connectivity index (χ1) is 16.5.